The third-order valence-corrected chi connectivity index (χ3v) is 5.74. The number of aromatic nitrogens is 1. The number of hydrogen-bond donors (Lipinski definition) is 0. The van der Waals surface area contributed by atoms with E-state index in [-0.39, 0.29) is 6.10 Å². The van der Waals surface area contributed by atoms with Crippen LogP contribution in [-0.2, 0) is 0 Å². The number of hydrogen-bond acceptors (Lipinski definition) is 4. The summed E-state index contributed by atoms with van der Waals surface area (Å²) in [5.74, 6) is -2.31. The second-order valence-electron chi connectivity index (χ2n) is 6.27. The fourth-order valence-electron chi connectivity index (χ4n) is 3.12. The Morgan fingerprint density at radius 2 is 1.81 bits per heavy atom. The van der Waals surface area contributed by atoms with E-state index >= 15 is 0 Å². The summed E-state index contributed by atoms with van der Waals surface area (Å²) in [5, 5.41) is 1.11. The lowest BCUT2D eigenvalue weighted by atomic mass is 10.1. The molecular formula is C19H15ClF2N2O2S. The van der Waals surface area contributed by atoms with Crippen LogP contribution in [0, 0.1) is 11.6 Å². The molecule has 0 spiro atoms. The topological polar surface area (TPSA) is 42.4 Å². The van der Waals surface area contributed by atoms with E-state index in [0.29, 0.717) is 41.7 Å². The smallest absolute Gasteiger partial charge is 0.274 e. The molecule has 4 nitrogen and oxygen atoms in total. The quantitative estimate of drug-likeness (QED) is 0.618. The van der Waals surface area contributed by atoms with Crippen molar-refractivity contribution in [3.63, 3.8) is 0 Å². The average molecular weight is 409 g/mol. The number of fused-ring (bicyclic) bond motifs is 1. The maximum atomic E-state index is 13.8. The summed E-state index contributed by atoms with van der Waals surface area (Å²) >= 11 is 7.55. The van der Waals surface area contributed by atoms with E-state index in [2.05, 4.69) is 4.98 Å². The number of carbonyl (C=O) groups is 1. The molecule has 1 saturated heterocycles. The summed E-state index contributed by atoms with van der Waals surface area (Å²) < 4.78 is 34.5. The highest BCUT2D eigenvalue weighted by molar-refractivity contribution is 7.20. The molecule has 1 amide bonds. The first-order chi connectivity index (χ1) is 13.0. The minimum atomic E-state index is -0.843. The van der Waals surface area contributed by atoms with Gasteiger partial charge in [0.2, 0.25) is 0 Å². The molecule has 0 N–H and O–H groups in total. The van der Waals surface area contributed by atoms with Crippen molar-refractivity contribution < 1.29 is 18.3 Å². The van der Waals surface area contributed by atoms with Crippen molar-refractivity contribution in [2.45, 2.75) is 18.9 Å². The van der Waals surface area contributed by atoms with Gasteiger partial charge < -0.3 is 9.64 Å². The van der Waals surface area contributed by atoms with Crippen LogP contribution in [0.15, 0.2) is 36.4 Å². The van der Waals surface area contributed by atoms with Gasteiger partial charge in [0.05, 0.1) is 9.72 Å². The summed E-state index contributed by atoms with van der Waals surface area (Å²) in [6, 6.07) is 8.98. The van der Waals surface area contributed by atoms with Crippen LogP contribution in [0.2, 0.25) is 5.02 Å². The minimum Gasteiger partial charge on any atom is -0.467 e. The summed E-state index contributed by atoms with van der Waals surface area (Å²) in [6.07, 6.45) is 1.01. The van der Waals surface area contributed by atoms with E-state index in [1.165, 1.54) is 22.3 Å². The zero-order valence-electron chi connectivity index (χ0n) is 14.1. The van der Waals surface area contributed by atoms with Gasteiger partial charge in [-0.05, 0) is 24.3 Å². The number of likely N-dealkylation sites (tertiary alicyclic amines) is 1. The molecule has 0 saturated carbocycles. The fraction of sp³-hybridized carbons (Fsp3) is 0.263. The van der Waals surface area contributed by atoms with Crippen LogP contribution < -0.4 is 4.74 Å². The van der Waals surface area contributed by atoms with Crippen molar-refractivity contribution in [1.29, 1.82) is 0 Å². The Kier molecular flexibility index (Phi) is 4.97. The fourth-order valence-corrected chi connectivity index (χ4v) is 4.31. The number of nitrogens with zero attached hydrogens (tertiary/aromatic N) is 2. The van der Waals surface area contributed by atoms with Gasteiger partial charge in [-0.3, -0.25) is 4.79 Å². The number of benzene rings is 2. The Bertz CT molecular complexity index is 982. The second kappa shape index (κ2) is 7.40. The first kappa shape index (κ1) is 18.1. The Hall–Kier alpha value is -2.25. The number of piperidine rings is 1. The van der Waals surface area contributed by atoms with Crippen LogP contribution in [0.5, 0.6) is 5.19 Å². The Morgan fingerprint density at radius 3 is 2.48 bits per heavy atom. The summed E-state index contributed by atoms with van der Waals surface area (Å²) in [7, 11) is 0. The van der Waals surface area contributed by atoms with Crippen LogP contribution in [0.3, 0.4) is 0 Å². The van der Waals surface area contributed by atoms with Gasteiger partial charge in [-0.15, -0.1) is 0 Å². The Labute approximate surface area is 163 Å². The first-order valence-electron chi connectivity index (χ1n) is 8.48. The Balaban J connectivity index is 1.41. The molecular weight excluding hydrogens is 394 g/mol. The number of para-hydroxylation sites is 1. The van der Waals surface area contributed by atoms with Gasteiger partial charge in [-0.1, -0.05) is 35.1 Å². The summed E-state index contributed by atoms with van der Waals surface area (Å²) in [6.45, 7) is 0.728. The molecule has 1 aliphatic rings. The number of amides is 1. The highest BCUT2D eigenvalue weighted by Crippen LogP contribution is 2.33. The maximum Gasteiger partial charge on any atom is 0.274 e. The second-order valence-corrected chi connectivity index (χ2v) is 7.67. The van der Waals surface area contributed by atoms with Crippen LogP contribution >= 0.6 is 22.9 Å². The van der Waals surface area contributed by atoms with E-state index in [9.17, 15) is 13.6 Å². The van der Waals surface area contributed by atoms with E-state index in [1.807, 2.05) is 12.1 Å². The Morgan fingerprint density at radius 1 is 1.15 bits per heavy atom. The van der Waals surface area contributed by atoms with Gasteiger partial charge in [0, 0.05) is 25.9 Å². The van der Waals surface area contributed by atoms with E-state index in [1.54, 1.807) is 6.07 Å². The standard InChI is InChI=1S/C19H15ClF2N2O2S/c20-12-3-1-6-15-17(12)23-19(27-15)26-11-7-9-24(10-8-11)18(25)16-13(21)4-2-5-14(16)22/h1-6,11H,7-10H2. The van der Waals surface area contributed by atoms with Crippen molar-refractivity contribution in [2.75, 3.05) is 13.1 Å². The molecule has 0 aliphatic carbocycles. The summed E-state index contributed by atoms with van der Waals surface area (Å²) in [4.78, 5) is 18.3. The minimum absolute atomic E-state index is 0.112. The average Bonchev–Trinajstić information content (AvgIpc) is 3.06. The van der Waals surface area contributed by atoms with E-state index < -0.39 is 23.1 Å². The van der Waals surface area contributed by atoms with Crippen molar-refractivity contribution in [3.05, 3.63) is 58.6 Å². The molecule has 0 bridgehead atoms. The molecule has 1 fully saturated rings. The molecule has 3 aromatic rings. The lowest BCUT2D eigenvalue weighted by Gasteiger charge is -2.31. The van der Waals surface area contributed by atoms with Crippen LogP contribution in [0.1, 0.15) is 23.2 Å². The third kappa shape index (κ3) is 3.61. The van der Waals surface area contributed by atoms with Crippen molar-refractivity contribution in [3.8, 4) is 5.19 Å². The van der Waals surface area contributed by atoms with Gasteiger partial charge in [-0.2, -0.15) is 0 Å². The van der Waals surface area contributed by atoms with Crippen molar-refractivity contribution >= 4 is 39.1 Å². The molecule has 0 unspecified atom stereocenters. The van der Waals surface area contributed by atoms with Gasteiger partial charge in [-0.25, -0.2) is 13.8 Å². The molecule has 2 heterocycles. The predicted molar refractivity (Wildman–Crippen MR) is 101 cm³/mol. The van der Waals surface area contributed by atoms with Crippen LogP contribution in [0.25, 0.3) is 10.2 Å². The number of thiazole rings is 1. The lowest BCUT2D eigenvalue weighted by molar-refractivity contribution is 0.0587. The summed E-state index contributed by atoms with van der Waals surface area (Å²) in [5.41, 5.74) is 0.208. The zero-order valence-corrected chi connectivity index (χ0v) is 15.7. The zero-order chi connectivity index (χ0) is 19.0. The molecule has 8 heteroatoms. The van der Waals surface area contributed by atoms with Gasteiger partial charge in [0.25, 0.3) is 11.1 Å². The molecule has 27 heavy (non-hydrogen) atoms. The maximum absolute atomic E-state index is 13.8. The van der Waals surface area contributed by atoms with Gasteiger partial charge in [0.15, 0.2) is 0 Å². The predicted octanol–water partition coefficient (Wildman–Crippen LogP) is 4.91. The normalized spacial score (nSPS) is 15.3. The van der Waals surface area contributed by atoms with Crippen molar-refractivity contribution in [1.82, 2.24) is 9.88 Å². The molecule has 1 aliphatic heterocycles. The molecule has 140 valence electrons. The third-order valence-electron chi connectivity index (χ3n) is 4.52. The first-order valence-corrected chi connectivity index (χ1v) is 9.67. The largest absolute Gasteiger partial charge is 0.467 e. The molecule has 0 radical (unpaired) electrons. The number of ether oxygens (including phenoxy) is 1. The molecule has 0 atom stereocenters. The number of rotatable bonds is 3. The van der Waals surface area contributed by atoms with Crippen LogP contribution in [-0.4, -0.2) is 35.0 Å². The molecule has 4 rings (SSSR count). The number of halogens is 3. The van der Waals surface area contributed by atoms with Gasteiger partial charge >= 0.3 is 0 Å². The highest BCUT2D eigenvalue weighted by Gasteiger charge is 2.28. The monoisotopic (exact) mass is 408 g/mol. The van der Waals surface area contributed by atoms with Gasteiger partial charge in [0.1, 0.15) is 28.8 Å². The molecule has 1 aromatic heterocycles. The SMILES string of the molecule is O=C(c1c(F)cccc1F)N1CCC(Oc2nc3c(Cl)cccc3s2)CC1. The van der Waals surface area contributed by atoms with Crippen LogP contribution in [0.4, 0.5) is 8.78 Å². The highest BCUT2D eigenvalue weighted by atomic mass is 35.5. The van der Waals surface area contributed by atoms with E-state index in [4.69, 9.17) is 16.3 Å². The lowest BCUT2D eigenvalue weighted by Crippen LogP contribution is -2.42. The van der Waals surface area contributed by atoms with E-state index in [0.717, 1.165) is 16.8 Å². The van der Waals surface area contributed by atoms with Crippen molar-refractivity contribution in [2.24, 2.45) is 0 Å². The number of carbonyl (C=O) groups excluding carboxylic acids is 1. The molecule has 2 aromatic carbocycles.